The molecule has 0 aliphatic rings. The summed E-state index contributed by atoms with van der Waals surface area (Å²) in [6.07, 6.45) is 5.61. The minimum atomic E-state index is 0.527. The van der Waals surface area contributed by atoms with E-state index >= 15 is 0 Å². The Bertz CT molecular complexity index is 317. The highest BCUT2D eigenvalue weighted by atomic mass is 16.3. The third-order valence-corrected chi connectivity index (χ3v) is 3.37. The molecule has 0 aliphatic heterocycles. The van der Waals surface area contributed by atoms with Crippen LogP contribution in [-0.4, -0.2) is 5.11 Å². The normalized spacial score (nSPS) is 12.7. The molecule has 0 aromatic heterocycles. The molecule has 0 radical (unpaired) electrons. The van der Waals surface area contributed by atoms with Crippen LogP contribution in [0.2, 0.25) is 0 Å². The summed E-state index contributed by atoms with van der Waals surface area (Å²) in [4.78, 5) is 0. The van der Waals surface area contributed by atoms with Crippen molar-refractivity contribution >= 4 is 0 Å². The number of hydrogen-bond donors (Lipinski definition) is 1. The van der Waals surface area contributed by atoms with E-state index < -0.39 is 0 Å². The number of benzene rings is 1. The number of rotatable bonds is 6. The molecule has 0 saturated heterocycles. The molecule has 0 spiro atoms. The molecule has 1 atom stereocenters. The largest absolute Gasteiger partial charge is 0.507 e. The fraction of sp³-hybridized carbons (Fsp3) is 0.600. The second-order valence-electron chi connectivity index (χ2n) is 4.55. The predicted octanol–water partition coefficient (Wildman–Crippen LogP) is 4.32. The molecule has 0 heterocycles. The van der Waals surface area contributed by atoms with Crippen molar-refractivity contribution in [2.45, 2.75) is 52.9 Å². The first-order valence-corrected chi connectivity index (χ1v) is 6.52. The van der Waals surface area contributed by atoms with E-state index in [1.807, 2.05) is 6.07 Å². The Morgan fingerprint density at radius 3 is 2.38 bits per heavy atom. The molecule has 0 bridgehead atoms. The van der Waals surface area contributed by atoms with Crippen molar-refractivity contribution in [3.8, 4) is 5.75 Å². The maximum absolute atomic E-state index is 10.1. The summed E-state index contributed by atoms with van der Waals surface area (Å²) in [7, 11) is 0. The molecule has 1 unspecified atom stereocenters. The average molecular weight is 220 g/mol. The van der Waals surface area contributed by atoms with Gasteiger partial charge in [-0.3, -0.25) is 0 Å². The minimum absolute atomic E-state index is 0.527. The molecule has 16 heavy (non-hydrogen) atoms. The summed E-state index contributed by atoms with van der Waals surface area (Å²) in [5.41, 5.74) is 2.20. The lowest BCUT2D eigenvalue weighted by molar-refractivity contribution is 0.430. The van der Waals surface area contributed by atoms with E-state index in [0.717, 1.165) is 24.0 Å². The Hall–Kier alpha value is -0.980. The van der Waals surface area contributed by atoms with E-state index in [0.29, 0.717) is 11.7 Å². The van der Waals surface area contributed by atoms with Gasteiger partial charge in [0.2, 0.25) is 0 Å². The van der Waals surface area contributed by atoms with Gasteiger partial charge < -0.3 is 5.11 Å². The number of phenolic OH excluding ortho intramolecular Hbond substituents is 1. The van der Waals surface area contributed by atoms with Gasteiger partial charge in [-0.2, -0.15) is 0 Å². The highest BCUT2D eigenvalue weighted by molar-refractivity contribution is 5.40. The highest BCUT2D eigenvalue weighted by Gasteiger charge is 2.11. The van der Waals surface area contributed by atoms with Crippen LogP contribution in [0.1, 0.15) is 51.2 Å². The van der Waals surface area contributed by atoms with Crippen LogP contribution in [-0.2, 0) is 12.8 Å². The number of aryl methyl sites for hydroxylation is 1. The average Bonchev–Trinajstić information content (AvgIpc) is 2.31. The standard InChI is InChI=1S/C15H24O/c1-4-8-12(5-2)11-14-10-7-9-13(6-3)15(14)16/h7,9-10,12,16H,4-6,8,11H2,1-3H3. The maximum Gasteiger partial charge on any atom is 0.121 e. The maximum atomic E-state index is 10.1. The zero-order valence-corrected chi connectivity index (χ0v) is 10.8. The van der Waals surface area contributed by atoms with Crippen molar-refractivity contribution in [3.05, 3.63) is 29.3 Å². The smallest absolute Gasteiger partial charge is 0.121 e. The van der Waals surface area contributed by atoms with Crippen LogP contribution >= 0.6 is 0 Å². The van der Waals surface area contributed by atoms with Crippen molar-refractivity contribution in [3.63, 3.8) is 0 Å². The van der Waals surface area contributed by atoms with E-state index in [1.165, 1.54) is 19.3 Å². The van der Waals surface area contributed by atoms with E-state index in [2.05, 4.69) is 32.9 Å². The van der Waals surface area contributed by atoms with Crippen LogP contribution in [0.4, 0.5) is 0 Å². The lowest BCUT2D eigenvalue weighted by Crippen LogP contribution is -2.03. The fourth-order valence-corrected chi connectivity index (χ4v) is 2.26. The molecule has 90 valence electrons. The SMILES string of the molecule is CCCC(CC)Cc1cccc(CC)c1O. The van der Waals surface area contributed by atoms with Gasteiger partial charge in [0.15, 0.2) is 0 Å². The summed E-state index contributed by atoms with van der Waals surface area (Å²) >= 11 is 0. The third-order valence-electron chi connectivity index (χ3n) is 3.37. The van der Waals surface area contributed by atoms with E-state index in [4.69, 9.17) is 0 Å². The molecule has 1 nitrogen and oxygen atoms in total. The zero-order valence-electron chi connectivity index (χ0n) is 10.8. The Labute approximate surface area is 99.5 Å². The first-order valence-electron chi connectivity index (χ1n) is 6.52. The molecule has 1 rings (SSSR count). The van der Waals surface area contributed by atoms with Crippen LogP contribution < -0.4 is 0 Å². The topological polar surface area (TPSA) is 20.2 Å². The van der Waals surface area contributed by atoms with Crippen molar-refractivity contribution in [1.29, 1.82) is 0 Å². The van der Waals surface area contributed by atoms with Gasteiger partial charge in [0.1, 0.15) is 5.75 Å². The number of hydrogen-bond acceptors (Lipinski definition) is 1. The van der Waals surface area contributed by atoms with Crippen LogP contribution in [0.3, 0.4) is 0 Å². The first kappa shape index (κ1) is 13.1. The van der Waals surface area contributed by atoms with Gasteiger partial charge in [-0.25, -0.2) is 0 Å². The van der Waals surface area contributed by atoms with Gasteiger partial charge in [-0.05, 0) is 29.9 Å². The van der Waals surface area contributed by atoms with Crippen molar-refractivity contribution in [2.75, 3.05) is 0 Å². The van der Waals surface area contributed by atoms with Gasteiger partial charge >= 0.3 is 0 Å². The Morgan fingerprint density at radius 1 is 1.12 bits per heavy atom. The van der Waals surface area contributed by atoms with Gasteiger partial charge in [0, 0.05) is 0 Å². The molecule has 0 aliphatic carbocycles. The van der Waals surface area contributed by atoms with Gasteiger partial charge in [0.05, 0.1) is 0 Å². The monoisotopic (exact) mass is 220 g/mol. The second-order valence-corrected chi connectivity index (χ2v) is 4.55. The quantitative estimate of drug-likeness (QED) is 0.756. The highest BCUT2D eigenvalue weighted by Crippen LogP contribution is 2.27. The van der Waals surface area contributed by atoms with Crippen molar-refractivity contribution in [2.24, 2.45) is 5.92 Å². The molecule has 0 fully saturated rings. The first-order chi connectivity index (χ1) is 7.72. The van der Waals surface area contributed by atoms with Crippen LogP contribution in [0.5, 0.6) is 5.75 Å². The summed E-state index contributed by atoms with van der Waals surface area (Å²) in [6.45, 7) is 6.55. The van der Waals surface area contributed by atoms with Crippen molar-refractivity contribution in [1.82, 2.24) is 0 Å². The molecular weight excluding hydrogens is 196 g/mol. The lowest BCUT2D eigenvalue weighted by Gasteiger charge is -2.15. The van der Waals surface area contributed by atoms with Crippen LogP contribution in [0.15, 0.2) is 18.2 Å². The van der Waals surface area contributed by atoms with E-state index in [1.54, 1.807) is 0 Å². The Kier molecular flexibility index (Phi) is 5.37. The fourth-order valence-electron chi connectivity index (χ4n) is 2.26. The summed E-state index contributed by atoms with van der Waals surface area (Å²) in [6, 6.07) is 6.14. The lowest BCUT2D eigenvalue weighted by atomic mass is 9.91. The number of aromatic hydroxyl groups is 1. The van der Waals surface area contributed by atoms with Crippen LogP contribution in [0, 0.1) is 5.92 Å². The molecule has 1 heteroatoms. The molecule has 1 aromatic carbocycles. The Morgan fingerprint density at radius 2 is 1.81 bits per heavy atom. The van der Waals surface area contributed by atoms with E-state index in [-0.39, 0.29) is 0 Å². The molecule has 1 N–H and O–H groups in total. The van der Waals surface area contributed by atoms with Crippen molar-refractivity contribution < 1.29 is 5.11 Å². The van der Waals surface area contributed by atoms with Gasteiger partial charge in [-0.15, -0.1) is 0 Å². The third kappa shape index (κ3) is 3.26. The zero-order chi connectivity index (χ0) is 12.0. The van der Waals surface area contributed by atoms with Crippen LogP contribution in [0.25, 0.3) is 0 Å². The van der Waals surface area contributed by atoms with E-state index in [9.17, 15) is 5.11 Å². The molecule has 1 aromatic rings. The Balaban J connectivity index is 2.79. The number of para-hydroxylation sites is 1. The second kappa shape index (κ2) is 6.57. The summed E-state index contributed by atoms with van der Waals surface area (Å²) in [5.74, 6) is 1.24. The molecular formula is C15H24O. The number of phenols is 1. The predicted molar refractivity (Wildman–Crippen MR) is 69.9 cm³/mol. The van der Waals surface area contributed by atoms with Gasteiger partial charge in [-0.1, -0.05) is 58.2 Å². The summed E-state index contributed by atoms with van der Waals surface area (Å²) in [5, 5.41) is 10.1. The van der Waals surface area contributed by atoms with Gasteiger partial charge in [0.25, 0.3) is 0 Å². The minimum Gasteiger partial charge on any atom is -0.507 e. The summed E-state index contributed by atoms with van der Waals surface area (Å²) < 4.78 is 0. The molecule has 0 saturated carbocycles. The molecule has 0 amide bonds.